The summed E-state index contributed by atoms with van der Waals surface area (Å²) in [4.78, 5) is 17.9. The van der Waals surface area contributed by atoms with E-state index in [2.05, 4.69) is 22.0 Å². The fourth-order valence-electron chi connectivity index (χ4n) is 3.75. The minimum Gasteiger partial charge on any atom is -0.366 e. The van der Waals surface area contributed by atoms with Gasteiger partial charge in [-0.15, -0.1) is 0 Å². The van der Waals surface area contributed by atoms with Crippen LogP contribution in [-0.4, -0.2) is 28.2 Å². The second-order valence-corrected chi connectivity index (χ2v) is 7.39. The van der Waals surface area contributed by atoms with E-state index in [1.165, 1.54) is 6.07 Å². The number of piperidine rings is 1. The summed E-state index contributed by atoms with van der Waals surface area (Å²) < 4.78 is 5.40. The zero-order valence-electron chi connectivity index (χ0n) is 16.0. The van der Waals surface area contributed by atoms with E-state index < -0.39 is 0 Å². The number of nitro benzene ring substituents is 1. The molecular formula is C21H22N4O3. The zero-order chi connectivity index (χ0) is 19.7. The summed E-state index contributed by atoms with van der Waals surface area (Å²) in [6, 6.07) is 12.9. The summed E-state index contributed by atoms with van der Waals surface area (Å²) in [5.41, 5.74) is 3.19. The highest BCUT2D eigenvalue weighted by Crippen LogP contribution is 2.35. The first kappa shape index (κ1) is 18.2. The summed E-state index contributed by atoms with van der Waals surface area (Å²) in [6.07, 6.45) is 2.20. The number of aromatic nitrogens is 2. The zero-order valence-corrected chi connectivity index (χ0v) is 16.0. The molecule has 1 aliphatic heterocycles. The third-order valence-electron chi connectivity index (χ3n) is 5.23. The SMILES string of the molecule is Cc1ccccc1-c1noc(-c2ccc(N3CCC[C@@H](C)C3)c([N+](=O)[O-])c2)n1. The van der Waals surface area contributed by atoms with Crippen LogP contribution in [-0.2, 0) is 0 Å². The van der Waals surface area contributed by atoms with Crippen LogP contribution in [0.1, 0.15) is 25.3 Å². The predicted octanol–water partition coefficient (Wildman–Crippen LogP) is 4.86. The number of nitro groups is 1. The second kappa shape index (κ2) is 7.42. The highest BCUT2D eigenvalue weighted by atomic mass is 16.6. The number of benzene rings is 2. The van der Waals surface area contributed by atoms with Crippen molar-refractivity contribution in [3.63, 3.8) is 0 Å². The minimum atomic E-state index is -0.337. The van der Waals surface area contributed by atoms with Gasteiger partial charge in [0.1, 0.15) is 5.69 Å². The van der Waals surface area contributed by atoms with E-state index >= 15 is 0 Å². The second-order valence-electron chi connectivity index (χ2n) is 7.39. The van der Waals surface area contributed by atoms with Gasteiger partial charge in [-0.05, 0) is 43.4 Å². The topological polar surface area (TPSA) is 85.3 Å². The molecule has 0 N–H and O–H groups in total. The van der Waals surface area contributed by atoms with Crippen LogP contribution in [0.5, 0.6) is 0 Å². The highest BCUT2D eigenvalue weighted by molar-refractivity contribution is 5.72. The van der Waals surface area contributed by atoms with Crippen molar-refractivity contribution in [2.24, 2.45) is 5.92 Å². The van der Waals surface area contributed by atoms with Crippen LogP contribution in [0.25, 0.3) is 22.8 Å². The Kier molecular flexibility index (Phi) is 4.81. The molecule has 1 aromatic heterocycles. The average molecular weight is 378 g/mol. The van der Waals surface area contributed by atoms with Crippen LogP contribution in [0.15, 0.2) is 47.0 Å². The average Bonchev–Trinajstić information content (AvgIpc) is 3.18. The van der Waals surface area contributed by atoms with Gasteiger partial charge in [-0.1, -0.05) is 36.3 Å². The molecule has 28 heavy (non-hydrogen) atoms. The largest absolute Gasteiger partial charge is 0.366 e. The smallest absolute Gasteiger partial charge is 0.293 e. The van der Waals surface area contributed by atoms with E-state index in [1.54, 1.807) is 6.07 Å². The van der Waals surface area contributed by atoms with Gasteiger partial charge in [-0.2, -0.15) is 4.98 Å². The van der Waals surface area contributed by atoms with Gasteiger partial charge in [0, 0.05) is 30.3 Å². The van der Waals surface area contributed by atoms with Crippen molar-refractivity contribution in [3.8, 4) is 22.8 Å². The third-order valence-corrected chi connectivity index (χ3v) is 5.23. The Bertz CT molecular complexity index is 1010. The molecule has 0 amide bonds. The first-order chi connectivity index (χ1) is 13.5. The van der Waals surface area contributed by atoms with Crippen LogP contribution in [0.4, 0.5) is 11.4 Å². The van der Waals surface area contributed by atoms with E-state index in [4.69, 9.17) is 4.52 Å². The fraction of sp³-hybridized carbons (Fsp3) is 0.333. The van der Waals surface area contributed by atoms with Gasteiger partial charge in [-0.3, -0.25) is 10.1 Å². The monoisotopic (exact) mass is 378 g/mol. The maximum Gasteiger partial charge on any atom is 0.293 e. The summed E-state index contributed by atoms with van der Waals surface area (Å²) in [5, 5.41) is 15.8. The van der Waals surface area contributed by atoms with E-state index in [0.29, 0.717) is 23.0 Å². The van der Waals surface area contributed by atoms with Crippen LogP contribution in [0.3, 0.4) is 0 Å². The first-order valence-electron chi connectivity index (χ1n) is 9.46. The molecule has 1 saturated heterocycles. The lowest BCUT2D eigenvalue weighted by atomic mass is 9.99. The molecule has 144 valence electrons. The normalized spacial score (nSPS) is 16.9. The minimum absolute atomic E-state index is 0.0715. The van der Waals surface area contributed by atoms with Gasteiger partial charge in [0.25, 0.3) is 11.6 Å². The summed E-state index contributed by atoms with van der Waals surface area (Å²) >= 11 is 0. The Morgan fingerprint density at radius 3 is 2.82 bits per heavy atom. The number of hydrogen-bond acceptors (Lipinski definition) is 6. The molecular weight excluding hydrogens is 356 g/mol. The molecule has 0 aliphatic carbocycles. The lowest BCUT2D eigenvalue weighted by Crippen LogP contribution is -2.34. The summed E-state index contributed by atoms with van der Waals surface area (Å²) in [5.74, 6) is 1.28. The first-order valence-corrected chi connectivity index (χ1v) is 9.46. The Balaban J connectivity index is 1.69. The molecule has 3 aromatic rings. The fourth-order valence-corrected chi connectivity index (χ4v) is 3.75. The molecule has 0 unspecified atom stereocenters. The van der Waals surface area contributed by atoms with Gasteiger partial charge >= 0.3 is 0 Å². The molecule has 0 bridgehead atoms. The molecule has 0 radical (unpaired) electrons. The highest BCUT2D eigenvalue weighted by Gasteiger charge is 2.25. The number of anilines is 1. The predicted molar refractivity (Wildman–Crippen MR) is 107 cm³/mol. The molecule has 2 heterocycles. The maximum absolute atomic E-state index is 11.7. The van der Waals surface area contributed by atoms with Gasteiger partial charge in [0.15, 0.2) is 0 Å². The quantitative estimate of drug-likeness (QED) is 0.476. The van der Waals surface area contributed by atoms with Gasteiger partial charge < -0.3 is 9.42 Å². The maximum atomic E-state index is 11.7. The Morgan fingerprint density at radius 2 is 2.07 bits per heavy atom. The van der Waals surface area contributed by atoms with Crippen molar-refractivity contribution in [1.29, 1.82) is 0 Å². The number of hydrogen-bond donors (Lipinski definition) is 0. The van der Waals surface area contributed by atoms with E-state index in [9.17, 15) is 10.1 Å². The molecule has 2 aromatic carbocycles. The number of aryl methyl sites for hydroxylation is 1. The van der Waals surface area contributed by atoms with E-state index in [0.717, 1.165) is 37.1 Å². The molecule has 4 rings (SSSR count). The van der Waals surface area contributed by atoms with Crippen molar-refractivity contribution in [2.75, 3.05) is 18.0 Å². The van der Waals surface area contributed by atoms with Crippen molar-refractivity contribution in [2.45, 2.75) is 26.7 Å². The summed E-state index contributed by atoms with van der Waals surface area (Å²) in [6.45, 7) is 5.82. The molecule has 1 fully saturated rings. The summed E-state index contributed by atoms with van der Waals surface area (Å²) in [7, 11) is 0. The van der Waals surface area contributed by atoms with Gasteiger partial charge in [-0.25, -0.2) is 0 Å². The van der Waals surface area contributed by atoms with Gasteiger partial charge in [0.2, 0.25) is 5.82 Å². The van der Waals surface area contributed by atoms with Crippen molar-refractivity contribution in [3.05, 3.63) is 58.1 Å². The van der Waals surface area contributed by atoms with Crippen LogP contribution >= 0.6 is 0 Å². The lowest BCUT2D eigenvalue weighted by molar-refractivity contribution is -0.384. The van der Waals surface area contributed by atoms with Crippen LogP contribution in [0, 0.1) is 23.0 Å². The van der Waals surface area contributed by atoms with E-state index in [1.807, 2.05) is 37.3 Å². The van der Waals surface area contributed by atoms with E-state index in [-0.39, 0.29) is 16.5 Å². The standard InChI is InChI=1S/C21H22N4O3/c1-14-6-5-11-24(13-14)18-10-9-16(12-19(18)25(26)27)21-22-20(23-28-21)17-8-4-3-7-15(17)2/h3-4,7-10,12,14H,5-6,11,13H2,1-2H3/t14-/m1/s1. The molecule has 0 saturated carbocycles. The Morgan fingerprint density at radius 1 is 1.25 bits per heavy atom. The van der Waals surface area contributed by atoms with Crippen LogP contribution in [0.2, 0.25) is 0 Å². The van der Waals surface area contributed by atoms with Gasteiger partial charge in [0.05, 0.1) is 4.92 Å². The van der Waals surface area contributed by atoms with Crippen molar-refractivity contribution < 1.29 is 9.45 Å². The molecule has 0 spiro atoms. The molecule has 1 atom stereocenters. The Labute approximate surface area is 163 Å². The number of nitrogens with zero attached hydrogens (tertiary/aromatic N) is 4. The van der Waals surface area contributed by atoms with Crippen molar-refractivity contribution >= 4 is 11.4 Å². The lowest BCUT2D eigenvalue weighted by Gasteiger charge is -2.32. The van der Waals surface area contributed by atoms with Crippen molar-refractivity contribution in [1.82, 2.24) is 10.1 Å². The number of rotatable bonds is 4. The molecule has 7 nitrogen and oxygen atoms in total. The van der Waals surface area contributed by atoms with Crippen LogP contribution < -0.4 is 4.90 Å². The third kappa shape index (κ3) is 3.47. The molecule has 1 aliphatic rings. The molecule has 7 heteroatoms. The Hall–Kier alpha value is -3.22.